The largest absolute Gasteiger partial charge is 0.466 e. The minimum atomic E-state index is -1.58. The molecule has 0 aromatic heterocycles. The van der Waals surface area contributed by atoms with Crippen molar-refractivity contribution in [2.45, 2.75) is 391 Å². The molecular formula is C80H143NO10. The Morgan fingerprint density at radius 3 is 1.20 bits per heavy atom. The van der Waals surface area contributed by atoms with Crippen LogP contribution in [0, 0.1) is 0 Å². The quantitative estimate of drug-likeness (QED) is 0.0195. The van der Waals surface area contributed by atoms with E-state index < -0.39 is 49.5 Å². The molecule has 528 valence electrons. The van der Waals surface area contributed by atoms with Crippen LogP contribution in [-0.4, -0.2) is 100 Å². The standard InChI is InChI=1S/C80H143NO10/c1-3-5-7-9-11-13-15-16-17-42-45-48-52-56-60-64-68-76(85)89-69-65-61-57-53-49-46-43-40-38-36-34-32-30-28-26-24-22-20-18-19-21-23-25-27-29-31-33-35-37-39-41-44-47-51-55-59-63-67-75(84)81-72(71-90-80-79(88)78(87)77(86)74(70-82)91-80)73(83)66-62-58-54-50-14-12-10-8-6-4-2/h6,8,13-15,17-18,20,24,26,42,50,62,66,72-74,77-80,82-83,86-88H,3-5,7,9-12,16,19,21-23,25,27-41,43-49,51-61,63-65,67-71H2,1-2H3,(H,81,84)/b8-6+,15-13-,20-18-,26-24-,42-17-,50-14+,66-62+. The Hall–Kier alpha value is -3.16. The number of ether oxygens (including phenoxy) is 3. The molecule has 11 nitrogen and oxygen atoms in total. The Kier molecular flexibility index (Phi) is 64.4. The molecule has 0 aliphatic carbocycles. The summed E-state index contributed by atoms with van der Waals surface area (Å²) in [5.74, 6) is -0.198. The first kappa shape index (κ1) is 85.9. The van der Waals surface area contributed by atoms with Crippen LogP contribution in [0.25, 0.3) is 0 Å². The van der Waals surface area contributed by atoms with Crippen molar-refractivity contribution in [2.75, 3.05) is 19.8 Å². The second-order valence-corrected chi connectivity index (χ2v) is 26.3. The highest BCUT2D eigenvalue weighted by Gasteiger charge is 2.44. The summed E-state index contributed by atoms with van der Waals surface area (Å²) in [4.78, 5) is 25.1. The third kappa shape index (κ3) is 56.9. The molecular weight excluding hydrogens is 1130 g/mol. The Labute approximate surface area is 559 Å². The van der Waals surface area contributed by atoms with E-state index in [2.05, 4.69) is 92.1 Å². The summed E-state index contributed by atoms with van der Waals surface area (Å²) in [6.07, 6.45) is 84.8. The molecule has 1 fully saturated rings. The zero-order valence-corrected chi connectivity index (χ0v) is 58.8. The van der Waals surface area contributed by atoms with Crippen LogP contribution in [0.3, 0.4) is 0 Å². The van der Waals surface area contributed by atoms with Crippen LogP contribution in [0.4, 0.5) is 0 Å². The predicted molar refractivity (Wildman–Crippen MR) is 384 cm³/mol. The molecule has 11 heteroatoms. The third-order valence-electron chi connectivity index (χ3n) is 17.7. The number of amides is 1. The lowest BCUT2D eigenvalue weighted by molar-refractivity contribution is -0.302. The van der Waals surface area contributed by atoms with Crippen LogP contribution < -0.4 is 5.32 Å². The average molecular weight is 1280 g/mol. The van der Waals surface area contributed by atoms with E-state index in [1.807, 2.05) is 6.08 Å². The molecule has 0 bridgehead atoms. The minimum absolute atomic E-state index is 0.00164. The molecule has 0 aromatic rings. The van der Waals surface area contributed by atoms with Gasteiger partial charge < -0.3 is 45.1 Å². The molecule has 0 spiro atoms. The monoisotopic (exact) mass is 1280 g/mol. The Bertz CT molecular complexity index is 1790. The number of esters is 1. The van der Waals surface area contributed by atoms with E-state index in [-0.39, 0.29) is 18.5 Å². The minimum Gasteiger partial charge on any atom is -0.466 e. The second kappa shape index (κ2) is 68.2. The lowest BCUT2D eigenvalue weighted by Crippen LogP contribution is -2.60. The van der Waals surface area contributed by atoms with Gasteiger partial charge in [-0.05, 0) is 116 Å². The number of carbonyl (C=O) groups is 2. The fourth-order valence-electron chi connectivity index (χ4n) is 11.7. The first-order chi connectivity index (χ1) is 44.7. The highest BCUT2D eigenvalue weighted by molar-refractivity contribution is 5.76. The van der Waals surface area contributed by atoms with E-state index in [0.717, 1.165) is 83.5 Å². The number of rotatable bonds is 67. The fraction of sp³-hybridized carbons (Fsp3) is 0.800. The van der Waals surface area contributed by atoms with Crippen LogP contribution in [0.5, 0.6) is 0 Å². The van der Waals surface area contributed by atoms with Gasteiger partial charge in [0.1, 0.15) is 24.4 Å². The molecule has 7 atom stereocenters. The van der Waals surface area contributed by atoms with Crippen molar-refractivity contribution in [1.29, 1.82) is 0 Å². The zero-order valence-electron chi connectivity index (χ0n) is 58.8. The van der Waals surface area contributed by atoms with Gasteiger partial charge in [0.2, 0.25) is 5.91 Å². The number of allylic oxidation sites excluding steroid dienone is 13. The normalized spacial score (nSPS) is 18.1. The molecule has 91 heavy (non-hydrogen) atoms. The van der Waals surface area contributed by atoms with Gasteiger partial charge in [0.05, 0.1) is 32.0 Å². The van der Waals surface area contributed by atoms with Gasteiger partial charge in [0, 0.05) is 12.8 Å². The van der Waals surface area contributed by atoms with Crippen molar-refractivity contribution >= 4 is 11.9 Å². The van der Waals surface area contributed by atoms with Crippen molar-refractivity contribution in [3.05, 3.63) is 85.1 Å². The summed E-state index contributed by atoms with van der Waals surface area (Å²) in [5.41, 5.74) is 0. The first-order valence-corrected chi connectivity index (χ1v) is 38.4. The number of carbonyl (C=O) groups excluding carboxylic acids is 2. The van der Waals surface area contributed by atoms with Crippen LogP contribution in [0.2, 0.25) is 0 Å². The third-order valence-corrected chi connectivity index (χ3v) is 17.7. The number of hydrogen-bond donors (Lipinski definition) is 6. The van der Waals surface area contributed by atoms with Crippen LogP contribution >= 0.6 is 0 Å². The second-order valence-electron chi connectivity index (χ2n) is 26.3. The molecule has 6 N–H and O–H groups in total. The predicted octanol–water partition coefficient (Wildman–Crippen LogP) is 20.4. The highest BCUT2D eigenvalue weighted by atomic mass is 16.7. The zero-order chi connectivity index (χ0) is 65.8. The van der Waals surface area contributed by atoms with Gasteiger partial charge in [-0.25, -0.2) is 0 Å². The number of aliphatic hydroxyl groups is 5. The number of hydrogen-bond acceptors (Lipinski definition) is 10. The average Bonchev–Trinajstić information content (AvgIpc) is 1.35. The molecule has 0 saturated carbocycles. The summed E-state index contributed by atoms with van der Waals surface area (Å²) in [7, 11) is 0. The molecule has 0 radical (unpaired) electrons. The SMILES string of the molecule is CC/C=C/CC/C=C/CC/C=C/C(O)C(COC1OC(CO)C(O)C(O)C1O)NC(=O)CCCCCCCCCCCCCCCCCCC/C=C\C/C=C\CCCCCCCCCCCCCCCOC(=O)CCCCCCC/C=C\C/C=C\CCCCCC. The molecule has 1 heterocycles. The van der Waals surface area contributed by atoms with Gasteiger partial charge in [-0.15, -0.1) is 0 Å². The van der Waals surface area contributed by atoms with Crippen molar-refractivity contribution < 1.29 is 49.3 Å². The van der Waals surface area contributed by atoms with E-state index in [9.17, 15) is 35.1 Å². The fourth-order valence-corrected chi connectivity index (χ4v) is 11.7. The van der Waals surface area contributed by atoms with Crippen molar-refractivity contribution in [2.24, 2.45) is 0 Å². The summed E-state index contributed by atoms with van der Waals surface area (Å²) in [6.45, 7) is 4.20. The van der Waals surface area contributed by atoms with Gasteiger partial charge in [0.25, 0.3) is 0 Å². The van der Waals surface area contributed by atoms with E-state index in [1.165, 1.54) is 238 Å². The maximum Gasteiger partial charge on any atom is 0.305 e. The number of aliphatic hydroxyl groups excluding tert-OH is 5. The van der Waals surface area contributed by atoms with Gasteiger partial charge in [-0.2, -0.15) is 0 Å². The topological polar surface area (TPSA) is 175 Å². The van der Waals surface area contributed by atoms with Gasteiger partial charge in [0.15, 0.2) is 6.29 Å². The van der Waals surface area contributed by atoms with Gasteiger partial charge in [-0.1, -0.05) is 304 Å². The lowest BCUT2D eigenvalue weighted by atomic mass is 9.99. The molecule has 7 unspecified atom stereocenters. The Morgan fingerprint density at radius 1 is 0.418 bits per heavy atom. The van der Waals surface area contributed by atoms with Crippen molar-refractivity contribution in [1.82, 2.24) is 5.32 Å². The van der Waals surface area contributed by atoms with E-state index in [0.29, 0.717) is 19.4 Å². The van der Waals surface area contributed by atoms with Crippen molar-refractivity contribution in [3.63, 3.8) is 0 Å². The van der Waals surface area contributed by atoms with Gasteiger partial charge in [-0.3, -0.25) is 9.59 Å². The summed E-state index contributed by atoms with van der Waals surface area (Å²) in [6, 6.07) is -0.833. The highest BCUT2D eigenvalue weighted by Crippen LogP contribution is 2.23. The molecule has 1 aliphatic rings. The van der Waals surface area contributed by atoms with E-state index in [1.54, 1.807) is 6.08 Å². The Balaban J connectivity index is 1.89. The molecule has 1 rings (SSSR count). The van der Waals surface area contributed by atoms with Crippen molar-refractivity contribution in [3.8, 4) is 0 Å². The maximum absolute atomic E-state index is 13.0. The summed E-state index contributed by atoms with van der Waals surface area (Å²) < 4.78 is 16.7. The van der Waals surface area contributed by atoms with Crippen LogP contribution in [0.15, 0.2) is 85.1 Å². The van der Waals surface area contributed by atoms with Crippen LogP contribution in [0.1, 0.15) is 348 Å². The molecule has 1 saturated heterocycles. The first-order valence-electron chi connectivity index (χ1n) is 38.4. The number of unbranched alkanes of at least 4 members (excludes halogenated alkanes) is 41. The lowest BCUT2D eigenvalue weighted by Gasteiger charge is -2.40. The van der Waals surface area contributed by atoms with Gasteiger partial charge >= 0.3 is 5.97 Å². The molecule has 0 aromatic carbocycles. The number of nitrogens with one attached hydrogen (secondary N) is 1. The summed E-state index contributed by atoms with van der Waals surface area (Å²) >= 11 is 0. The van der Waals surface area contributed by atoms with Crippen LogP contribution in [-0.2, 0) is 23.8 Å². The maximum atomic E-state index is 13.0. The Morgan fingerprint density at radius 2 is 0.780 bits per heavy atom. The smallest absolute Gasteiger partial charge is 0.305 e. The van der Waals surface area contributed by atoms with E-state index >= 15 is 0 Å². The summed E-state index contributed by atoms with van der Waals surface area (Å²) in [5, 5.41) is 54.3. The molecule has 1 amide bonds. The molecule has 1 aliphatic heterocycles. The van der Waals surface area contributed by atoms with E-state index in [4.69, 9.17) is 14.2 Å².